The molecule has 0 amide bonds. The van der Waals surface area contributed by atoms with Crippen molar-refractivity contribution < 1.29 is 13.3 Å². The number of nitrogens with zero attached hydrogens (tertiary/aromatic N) is 3. The largest absolute Gasteiger partial charge is 0.381 e. The van der Waals surface area contributed by atoms with E-state index in [1.165, 1.54) is 10.9 Å². The molecule has 7 nitrogen and oxygen atoms in total. The van der Waals surface area contributed by atoms with Gasteiger partial charge in [0.05, 0.1) is 6.61 Å². The Kier molecular flexibility index (Phi) is 2.87. The molecule has 90 valence electrons. The van der Waals surface area contributed by atoms with Gasteiger partial charge in [-0.05, 0) is 12.8 Å². The minimum absolute atomic E-state index is 0.00287. The molecule has 1 aliphatic rings. The zero-order valence-corrected chi connectivity index (χ0v) is 9.77. The quantitative estimate of drug-likeness (QED) is 0.775. The summed E-state index contributed by atoms with van der Waals surface area (Å²) in [4.78, 5) is 5.11. The number of nitrogens with two attached hydrogens (primary N) is 1. The molecular weight excluding hydrogens is 232 g/mol. The minimum Gasteiger partial charge on any atom is -0.381 e. The maximum atomic E-state index is 12.1. The van der Waals surface area contributed by atoms with Crippen molar-refractivity contribution in [2.24, 2.45) is 7.05 Å². The van der Waals surface area contributed by atoms with Gasteiger partial charge in [-0.25, -0.2) is 8.42 Å². The highest BCUT2D eigenvalue weighted by Gasteiger charge is 2.30. The van der Waals surface area contributed by atoms with Gasteiger partial charge in [-0.2, -0.15) is 5.10 Å². The van der Waals surface area contributed by atoms with Crippen molar-refractivity contribution >= 4 is 15.8 Å². The molecule has 0 aromatic carbocycles. The Labute approximate surface area is 93.8 Å². The number of aromatic nitrogens is 2. The van der Waals surface area contributed by atoms with Crippen LogP contribution in [0.5, 0.6) is 0 Å². The van der Waals surface area contributed by atoms with E-state index < -0.39 is 10.0 Å². The zero-order valence-electron chi connectivity index (χ0n) is 8.96. The molecule has 1 saturated heterocycles. The van der Waals surface area contributed by atoms with Crippen molar-refractivity contribution in [1.29, 1.82) is 0 Å². The van der Waals surface area contributed by atoms with Crippen LogP contribution in [0.2, 0.25) is 0 Å². The van der Waals surface area contributed by atoms with E-state index in [1.807, 2.05) is 0 Å². The van der Waals surface area contributed by atoms with E-state index in [0.717, 1.165) is 17.3 Å². The van der Waals surface area contributed by atoms with Crippen molar-refractivity contribution in [3.8, 4) is 0 Å². The van der Waals surface area contributed by atoms with E-state index in [9.17, 15) is 8.42 Å². The van der Waals surface area contributed by atoms with Gasteiger partial charge in [-0.3, -0.25) is 9.52 Å². The monoisotopic (exact) mass is 246 g/mol. The maximum Gasteiger partial charge on any atom is 0.270 e. The summed E-state index contributed by atoms with van der Waals surface area (Å²) < 4.78 is 26.5. The van der Waals surface area contributed by atoms with E-state index in [4.69, 9.17) is 10.6 Å². The van der Waals surface area contributed by atoms with Gasteiger partial charge < -0.3 is 5.73 Å². The molecule has 0 atom stereocenters. The third-order valence-electron chi connectivity index (χ3n) is 2.34. The fraction of sp³-hybridized carbons (Fsp3) is 0.625. The van der Waals surface area contributed by atoms with E-state index >= 15 is 0 Å². The standard InChI is InChI=1S/C8H14N4O3S/c1-11-6-7(8(9)10-11)16(13,14)12-4-2-3-5-15-12/h6H,2-5H2,1H3,(H2,9,10). The summed E-state index contributed by atoms with van der Waals surface area (Å²) in [5.74, 6) is -0.00308. The SMILES string of the molecule is Cn1cc(S(=O)(=O)N2CCCCO2)c(N)n1. The molecule has 0 unspecified atom stereocenters. The molecule has 1 aliphatic heterocycles. The zero-order chi connectivity index (χ0) is 11.8. The first-order chi connectivity index (χ1) is 7.51. The maximum absolute atomic E-state index is 12.1. The molecule has 2 rings (SSSR count). The molecule has 0 spiro atoms. The van der Waals surface area contributed by atoms with Crippen LogP contribution >= 0.6 is 0 Å². The predicted molar refractivity (Wildman–Crippen MR) is 56.7 cm³/mol. The van der Waals surface area contributed by atoms with Crippen LogP contribution in [-0.2, 0) is 21.9 Å². The lowest BCUT2D eigenvalue weighted by Crippen LogP contribution is -2.35. The number of hydroxylamine groups is 1. The van der Waals surface area contributed by atoms with Crippen molar-refractivity contribution in [1.82, 2.24) is 14.2 Å². The van der Waals surface area contributed by atoms with Crippen LogP contribution in [0.3, 0.4) is 0 Å². The van der Waals surface area contributed by atoms with E-state index in [1.54, 1.807) is 7.05 Å². The highest BCUT2D eigenvalue weighted by atomic mass is 32.2. The van der Waals surface area contributed by atoms with Gasteiger partial charge in [0.1, 0.15) is 4.90 Å². The first-order valence-corrected chi connectivity index (χ1v) is 6.40. The third-order valence-corrected chi connectivity index (χ3v) is 4.03. The lowest BCUT2D eigenvalue weighted by Gasteiger charge is -2.24. The molecule has 0 aliphatic carbocycles. The van der Waals surface area contributed by atoms with Crippen LogP contribution < -0.4 is 5.73 Å². The third kappa shape index (κ3) is 1.91. The van der Waals surface area contributed by atoms with Crippen LogP contribution in [0.4, 0.5) is 5.82 Å². The van der Waals surface area contributed by atoms with Gasteiger partial charge in [0.15, 0.2) is 5.82 Å². The Bertz CT molecular complexity index is 475. The van der Waals surface area contributed by atoms with Crippen molar-refractivity contribution in [3.63, 3.8) is 0 Å². The molecule has 1 aromatic rings. The highest BCUT2D eigenvalue weighted by Crippen LogP contribution is 2.23. The summed E-state index contributed by atoms with van der Waals surface area (Å²) in [6.45, 7) is 0.774. The molecule has 0 saturated carbocycles. The molecule has 0 bridgehead atoms. The molecular formula is C8H14N4O3S. The summed E-state index contributed by atoms with van der Waals surface area (Å²) in [6, 6.07) is 0. The second-order valence-corrected chi connectivity index (χ2v) is 5.42. The Morgan fingerprint density at radius 3 is 2.75 bits per heavy atom. The molecule has 1 fully saturated rings. The van der Waals surface area contributed by atoms with Gasteiger partial charge in [0, 0.05) is 19.8 Å². The normalized spacial score (nSPS) is 18.8. The topological polar surface area (TPSA) is 90.5 Å². The first kappa shape index (κ1) is 11.4. The molecule has 16 heavy (non-hydrogen) atoms. The Morgan fingerprint density at radius 2 is 2.25 bits per heavy atom. The van der Waals surface area contributed by atoms with Crippen molar-refractivity contribution in [2.45, 2.75) is 17.7 Å². The Morgan fingerprint density at radius 1 is 1.50 bits per heavy atom. The molecule has 1 aromatic heterocycles. The number of aryl methyl sites for hydroxylation is 1. The van der Waals surface area contributed by atoms with Crippen LogP contribution in [0.25, 0.3) is 0 Å². The first-order valence-electron chi connectivity index (χ1n) is 4.96. The van der Waals surface area contributed by atoms with Gasteiger partial charge in [-0.1, -0.05) is 4.47 Å². The van der Waals surface area contributed by atoms with Gasteiger partial charge in [0.25, 0.3) is 10.0 Å². The van der Waals surface area contributed by atoms with Crippen LogP contribution in [0.1, 0.15) is 12.8 Å². The van der Waals surface area contributed by atoms with Gasteiger partial charge in [0.2, 0.25) is 0 Å². The summed E-state index contributed by atoms with van der Waals surface area (Å²) in [5.41, 5.74) is 5.54. The number of anilines is 1. The fourth-order valence-electron chi connectivity index (χ4n) is 1.56. The molecule has 0 radical (unpaired) electrons. The number of rotatable bonds is 2. The van der Waals surface area contributed by atoms with Crippen molar-refractivity contribution in [3.05, 3.63) is 6.20 Å². The smallest absolute Gasteiger partial charge is 0.270 e. The summed E-state index contributed by atoms with van der Waals surface area (Å²) >= 11 is 0. The minimum atomic E-state index is -3.67. The number of hydrogen-bond acceptors (Lipinski definition) is 5. The number of hydrogen-bond donors (Lipinski definition) is 1. The average Bonchev–Trinajstić information content (AvgIpc) is 2.60. The van der Waals surface area contributed by atoms with Gasteiger partial charge >= 0.3 is 0 Å². The molecule has 8 heteroatoms. The lowest BCUT2D eigenvalue weighted by molar-refractivity contribution is -0.108. The van der Waals surface area contributed by atoms with E-state index in [-0.39, 0.29) is 10.7 Å². The van der Waals surface area contributed by atoms with Crippen LogP contribution in [0.15, 0.2) is 11.1 Å². The lowest BCUT2D eigenvalue weighted by atomic mass is 10.3. The fourth-order valence-corrected chi connectivity index (χ4v) is 2.95. The second-order valence-electron chi connectivity index (χ2n) is 3.62. The Balaban J connectivity index is 2.34. The molecule has 2 N–H and O–H groups in total. The van der Waals surface area contributed by atoms with E-state index in [2.05, 4.69) is 5.10 Å². The summed E-state index contributed by atoms with van der Waals surface area (Å²) in [5, 5.41) is 3.81. The van der Waals surface area contributed by atoms with E-state index in [0.29, 0.717) is 13.2 Å². The highest BCUT2D eigenvalue weighted by molar-refractivity contribution is 7.89. The second kappa shape index (κ2) is 4.04. The Hall–Kier alpha value is -1.12. The summed E-state index contributed by atoms with van der Waals surface area (Å²) in [6.07, 6.45) is 3.04. The van der Waals surface area contributed by atoms with Gasteiger partial charge in [-0.15, -0.1) is 0 Å². The van der Waals surface area contributed by atoms with Crippen LogP contribution in [-0.4, -0.2) is 35.8 Å². The molecule has 2 heterocycles. The number of nitrogen functional groups attached to an aromatic ring is 1. The van der Waals surface area contributed by atoms with Crippen molar-refractivity contribution in [2.75, 3.05) is 18.9 Å². The predicted octanol–water partition coefficient (Wildman–Crippen LogP) is -0.282. The number of sulfonamides is 1. The van der Waals surface area contributed by atoms with Crippen LogP contribution in [0, 0.1) is 0 Å². The summed E-state index contributed by atoms with van der Waals surface area (Å²) in [7, 11) is -2.05. The average molecular weight is 246 g/mol.